The van der Waals surface area contributed by atoms with Crippen molar-refractivity contribution in [2.45, 2.75) is 12.8 Å². The summed E-state index contributed by atoms with van der Waals surface area (Å²) in [7, 11) is 0. The fourth-order valence-corrected chi connectivity index (χ4v) is 3.25. The molecule has 5 rings (SSSR count). The summed E-state index contributed by atoms with van der Waals surface area (Å²) in [4.78, 5) is 4.46. The largest absolute Gasteiger partial charge is 0.492 e. The molecule has 2 aromatic heterocycles. The Labute approximate surface area is 167 Å². The number of ether oxygens (including phenoxy) is 1. The summed E-state index contributed by atoms with van der Waals surface area (Å²) in [6.07, 6.45) is 7.97. The zero-order chi connectivity index (χ0) is 18.9. The summed E-state index contributed by atoms with van der Waals surface area (Å²) in [5.41, 5.74) is 1.84. The van der Waals surface area contributed by atoms with Crippen molar-refractivity contribution in [2.24, 2.45) is 5.92 Å². The van der Waals surface area contributed by atoms with Crippen LogP contribution in [0.1, 0.15) is 12.8 Å². The molecule has 28 heavy (non-hydrogen) atoms. The lowest BCUT2D eigenvalue weighted by Gasteiger charge is -2.08. The van der Waals surface area contributed by atoms with Gasteiger partial charge in [0.15, 0.2) is 5.82 Å². The predicted octanol–water partition coefficient (Wildman–Crippen LogP) is 4.56. The first-order valence-electron chi connectivity index (χ1n) is 9.22. The Morgan fingerprint density at radius 2 is 1.96 bits per heavy atom. The number of halogens is 1. The maximum Gasteiger partial charge on any atom is 0.181 e. The molecule has 1 aliphatic carbocycles. The van der Waals surface area contributed by atoms with Gasteiger partial charge in [0.2, 0.25) is 0 Å². The number of aromatic nitrogens is 5. The Morgan fingerprint density at radius 3 is 2.75 bits per heavy atom. The van der Waals surface area contributed by atoms with Gasteiger partial charge in [-0.3, -0.25) is 4.57 Å². The van der Waals surface area contributed by atoms with Crippen molar-refractivity contribution in [1.82, 2.24) is 24.5 Å². The molecule has 0 saturated heterocycles. The Morgan fingerprint density at radius 1 is 1.11 bits per heavy atom. The highest BCUT2D eigenvalue weighted by atomic mass is 35.5. The monoisotopic (exact) mass is 391 g/mol. The molecule has 1 aliphatic rings. The lowest BCUT2D eigenvalue weighted by Crippen LogP contribution is -2.01. The second-order valence-corrected chi connectivity index (χ2v) is 7.28. The summed E-state index contributed by atoms with van der Waals surface area (Å²) >= 11 is 6.39. The molecule has 0 spiro atoms. The van der Waals surface area contributed by atoms with E-state index in [1.807, 2.05) is 65.5 Å². The molecular weight excluding hydrogens is 374 g/mol. The molecule has 0 radical (unpaired) electrons. The molecule has 0 unspecified atom stereocenters. The molecule has 1 fully saturated rings. The van der Waals surface area contributed by atoms with Crippen molar-refractivity contribution in [3.8, 4) is 28.6 Å². The third-order valence-electron chi connectivity index (χ3n) is 4.75. The second kappa shape index (κ2) is 7.13. The topological polar surface area (TPSA) is 57.8 Å². The second-order valence-electron chi connectivity index (χ2n) is 6.88. The van der Waals surface area contributed by atoms with Gasteiger partial charge in [0.05, 0.1) is 23.5 Å². The van der Waals surface area contributed by atoms with Gasteiger partial charge in [-0.05, 0) is 37.0 Å². The molecule has 140 valence electrons. The van der Waals surface area contributed by atoms with Crippen LogP contribution in [0.15, 0.2) is 67.1 Å². The maximum absolute atomic E-state index is 6.39. The first-order valence-corrected chi connectivity index (χ1v) is 9.60. The summed E-state index contributed by atoms with van der Waals surface area (Å²) in [5, 5.41) is 9.13. The normalized spacial score (nSPS) is 13.6. The molecule has 0 atom stereocenters. The van der Waals surface area contributed by atoms with E-state index in [1.165, 1.54) is 12.8 Å². The van der Waals surface area contributed by atoms with Crippen LogP contribution in [-0.4, -0.2) is 31.2 Å². The van der Waals surface area contributed by atoms with Gasteiger partial charge in [-0.15, -0.1) is 5.10 Å². The molecule has 2 aromatic carbocycles. The van der Waals surface area contributed by atoms with Gasteiger partial charge in [0.25, 0.3) is 0 Å². The molecule has 4 aromatic rings. The van der Waals surface area contributed by atoms with E-state index < -0.39 is 0 Å². The Kier molecular flexibility index (Phi) is 4.33. The van der Waals surface area contributed by atoms with E-state index >= 15 is 0 Å². The molecule has 7 heteroatoms. The van der Waals surface area contributed by atoms with Crippen molar-refractivity contribution >= 4 is 11.6 Å². The van der Waals surface area contributed by atoms with Crippen LogP contribution in [0.5, 0.6) is 5.75 Å². The molecule has 1 saturated carbocycles. The minimum atomic E-state index is 0.572. The fraction of sp³-hybridized carbons (Fsp3) is 0.190. The highest BCUT2D eigenvalue weighted by molar-refractivity contribution is 6.32. The Bertz CT molecular complexity index is 1100. The smallest absolute Gasteiger partial charge is 0.181 e. The molecular formula is C21H18ClN5O. The van der Waals surface area contributed by atoms with Crippen LogP contribution in [0, 0.1) is 5.92 Å². The number of imidazole rings is 1. The molecule has 0 N–H and O–H groups in total. The van der Waals surface area contributed by atoms with E-state index in [0.717, 1.165) is 23.7 Å². The zero-order valence-corrected chi connectivity index (χ0v) is 15.8. The highest BCUT2D eigenvalue weighted by Gasteiger charge is 2.22. The number of nitrogens with zero attached hydrogens (tertiary/aromatic N) is 5. The van der Waals surface area contributed by atoms with Gasteiger partial charge >= 0.3 is 0 Å². The summed E-state index contributed by atoms with van der Waals surface area (Å²) in [6, 6.07) is 15.6. The van der Waals surface area contributed by atoms with Crippen LogP contribution in [0.25, 0.3) is 22.9 Å². The number of benzene rings is 2. The van der Waals surface area contributed by atoms with Crippen LogP contribution in [0.4, 0.5) is 0 Å². The lowest BCUT2D eigenvalue weighted by molar-refractivity contribution is 0.300. The van der Waals surface area contributed by atoms with Crippen LogP contribution in [0.3, 0.4) is 0 Å². The molecule has 2 heterocycles. The lowest BCUT2D eigenvalue weighted by atomic mass is 10.2. The van der Waals surface area contributed by atoms with E-state index in [1.54, 1.807) is 10.9 Å². The minimum absolute atomic E-state index is 0.572. The zero-order valence-electron chi connectivity index (χ0n) is 15.1. The number of hydrogen-bond donors (Lipinski definition) is 0. The Balaban J connectivity index is 1.41. The summed E-state index contributed by atoms with van der Waals surface area (Å²) < 4.78 is 9.40. The van der Waals surface area contributed by atoms with E-state index in [9.17, 15) is 0 Å². The average Bonchev–Trinajstić information content (AvgIpc) is 3.21. The van der Waals surface area contributed by atoms with Gasteiger partial charge in [-0.2, -0.15) is 0 Å². The Hall–Kier alpha value is -3.12. The van der Waals surface area contributed by atoms with E-state index in [0.29, 0.717) is 22.5 Å². The third kappa shape index (κ3) is 3.39. The van der Waals surface area contributed by atoms with Crippen LogP contribution >= 0.6 is 11.6 Å². The standard InChI is InChI=1S/C21H18ClN5O/c22-18-12-17(8-9-19(18)28-14-15-6-7-15)27-13-20(24-25-27)26-11-10-23-21(26)16-4-2-1-3-5-16/h1-5,8-13,15H,6-7,14H2. The van der Waals surface area contributed by atoms with Gasteiger partial charge in [-0.25, -0.2) is 9.67 Å². The van der Waals surface area contributed by atoms with E-state index in [2.05, 4.69) is 15.3 Å². The average molecular weight is 392 g/mol. The van der Waals surface area contributed by atoms with E-state index in [-0.39, 0.29) is 0 Å². The van der Waals surface area contributed by atoms with E-state index in [4.69, 9.17) is 16.3 Å². The van der Waals surface area contributed by atoms with Crippen molar-refractivity contribution in [2.75, 3.05) is 6.61 Å². The fourth-order valence-electron chi connectivity index (χ4n) is 3.02. The number of rotatable bonds is 6. The SMILES string of the molecule is Clc1cc(-n2cc(-n3ccnc3-c3ccccc3)nn2)ccc1OCC1CC1. The molecule has 6 nitrogen and oxygen atoms in total. The third-order valence-corrected chi connectivity index (χ3v) is 5.05. The van der Waals surface area contributed by atoms with Crippen LogP contribution in [-0.2, 0) is 0 Å². The number of hydrogen-bond acceptors (Lipinski definition) is 4. The van der Waals surface area contributed by atoms with Crippen molar-refractivity contribution in [3.05, 3.63) is 72.1 Å². The van der Waals surface area contributed by atoms with Crippen molar-refractivity contribution < 1.29 is 4.74 Å². The quantitative estimate of drug-likeness (QED) is 0.483. The van der Waals surface area contributed by atoms with Crippen LogP contribution < -0.4 is 4.74 Å². The predicted molar refractivity (Wildman–Crippen MR) is 107 cm³/mol. The first kappa shape index (κ1) is 17.0. The van der Waals surface area contributed by atoms with Gasteiger partial charge in [0, 0.05) is 18.0 Å². The van der Waals surface area contributed by atoms with Gasteiger partial charge in [-0.1, -0.05) is 47.1 Å². The molecule has 0 bridgehead atoms. The molecule has 0 amide bonds. The van der Waals surface area contributed by atoms with Crippen LogP contribution in [0.2, 0.25) is 5.02 Å². The first-order chi connectivity index (χ1) is 13.8. The maximum atomic E-state index is 6.39. The summed E-state index contributed by atoms with van der Waals surface area (Å²) in [5.74, 6) is 2.89. The van der Waals surface area contributed by atoms with Crippen molar-refractivity contribution in [1.29, 1.82) is 0 Å². The molecule has 0 aliphatic heterocycles. The minimum Gasteiger partial charge on any atom is -0.492 e. The van der Waals surface area contributed by atoms with Crippen molar-refractivity contribution in [3.63, 3.8) is 0 Å². The van der Waals surface area contributed by atoms with Gasteiger partial charge < -0.3 is 4.74 Å². The van der Waals surface area contributed by atoms with Gasteiger partial charge in [0.1, 0.15) is 11.6 Å². The highest BCUT2D eigenvalue weighted by Crippen LogP contribution is 2.32. The summed E-state index contributed by atoms with van der Waals surface area (Å²) in [6.45, 7) is 0.732.